The molecular weight excluding hydrogens is 468 g/mol. The monoisotopic (exact) mass is 514 g/mol. The number of unbranched alkanes of at least 4 members (excludes halogenated alkanes) is 4. The van der Waals surface area contributed by atoms with Gasteiger partial charge in [-0.05, 0) is 42.0 Å². The Kier molecular flexibility index (Phi) is 12.9. The van der Waals surface area contributed by atoms with Gasteiger partial charge in [0.1, 0.15) is 24.1 Å². The maximum atomic E-state index is 11.4. The van der Waals surface area contributed by atoms with Crippen LogP contribution >= 0.6 is 0 Å². The number of rotatable bonds is 16. The Hall–Kier alpha value is -1.96. The average Bonchev–Trinajstić information content (AvgIpc) is 2.91. The van der Waals surface area contributed by atoms with Gasteiger partial charge in [-0.3, -0.25) is 0 Å². The lowest BCUT2D eigenvalue weighted by atomic mass is 9.92. The van der Waals surface area contributed by atoms with Crippen molar-refractivity contribution in [1.29, 1.82) is 0 Å². The third kappa shape index (κ3) is 9.69. The average molecular weight is 515 g/mol. The van der Waals surface area contributed by atoms with Crippen LogP contribution in [0.1, 0.15) is 70.4 Å². The quantitative estimate of drug-likeness (QED) is 0.266. The fraction of sp³-hybridized carbons (Fsp3) is 0.613. The highest BCUT2D eigenvalue weighted by Crippen LogP contribution is 2.31. The van der Waals surface area contributed by atoms with Gasteiger partial charge in [-0.15, -0.1) is 0 Å². The normalized spacial score (nSPS) is 23.9. The number of hydrogen-bond acceptors (Lipinski definition) is 6. The summed E-state index contributed by atoms with van der Waals surface area (Å²) in [5.41, 5.74) is 2.06. The summed E-state index contributed by atoms with van der Waals surface area (Å²) in [6.45, 7) is 7.87. The third-order valence-corrected chi connectivity index (χ3v) is 6.74. The molecule has 0 radical (unpaired) electrons. The first-order chi connectivity index (χ1) is 18.0. The molecule has 1 saturated heterocycles. The molecule has 3 rings (SSSR count). The van der Waals surface area contributed by atoms with Crippen molar-refractivity contribution < 1.29 is 28.8 Å². The summed E-state index contributed by atoms with van der Waals surface area (Å²) in [7, 11) is 1.66. The smallest absolute Gasteiger partial charge is 0.186 e. The Balaban J connectivity index is 1.72. The molecule has 5 atom stereocenters. The van der Waals surface area contributed by atoms with E-state index in [1.54, 1.807) is 7.11 Å². The first-order valence-corrected chi connectivity index (χ1v) is 13.9. The fourth-order valence-electron chi connectivity index (χ4n) is 4.67. The van der Waals surface area contributed by atoms with Crippen LogP contribution in [-0.2, 0) is 32.2 Å². The van der Waals surface area contributed by atoms with E-state index < -0.39 is 24.6 Å². The minimum atomic E-state index is -0.955. The van der Waals surface area contributed by atoms with E-state index in [0.29, 0.717) is 25.7 Å². The van der Waals surface area contributed by atoms with Gasteiger partial charge in [0.05, 0.1) is 26.4 Å². The zero-order valence-electron chi connectivity index (χ0n) is 23.0. The molecule has 0 unspecified atom stereocenters. The lowest BCUT2D eigenvalue weighted by molar-refractivity contribution is -0.316. The molecule has 1 fully saturated rings. The van der Waals surface area contributed by atoms with Gasteiger partial charge in [-0.25, -0.2) is 0 Å². The summed E-state index contributed by atoms with van der Waals surface area (Å²) >= 11 is 0. The largest absolute Gasteiger partial charge is 0.497 e. The maximum Gasteiger partial charge on any atom is 0.186 e. The van der Waals surface area contributed by atoms with E-state index in [1.165, 1.54) is 19.3 Å². The molecule has 2 aromatic rings. The van der Waals surface area contributed by atoms with Crippen LogP contribution in [0.5, 0.6) is 5.75 Å². The lowest BCUT2D eigenvalue weighted by Crippen LogP contribution is -2.60. The SMILES string of the molecule is CCCCCCCO[C@@H]1[C@@H](O)[C@@H](OCc2ccccc2)O[C@H](CC(C)C)[C@H]1OCc1ccc(OC)cc1. The van der Waals surface area contributed by atoms with Crippen LogP contribution in [0.2, 0.25) is 0 Å². The predicted octanol–water partition coefficient (Wildman–Crippen LogP) is 6.28. The van der Waals surface area contributed by atoms with Crippen molar-refractivity contribution in [3.63, 3.8) is 0 Å². The lowest BCUT2D eigenvalue weighted by Gasteiger charge is -2.45. The summed E-state index contributed by atoms with van der Waals surface area (Å²) < 4.78 is 30.5. The summed E-state index contributed by atoms with van der Waals surface area (Å²) in [5.74, 6) is 1.19. The van der Waals surface area contributed by atoms with E-state index >= 15 is 0 Å². The van der Waals surface area contributed by atoms with Crippen molar-refractivity contribution in [2.45, 2.75) is 103 Å². The minimum Gasteiger partial charge on any atom is -0.497 e. The van der Waals surface area contributed by atoms with Gasteiger partial charge in [-0.2, -0.15) is 0 Å². The Morgan fingerprint density at radius 2 is 1.49 bits per heavy atom. The molecule has 1 aliphatic heterocycles. The van der Waals surface area contributed by atoms with Crippen LogP contribution in [0.15, 0.2) is 54.6 Å². The topological polar surface area (TPSA) is 66.4 Å². The Morgan fingerprint density at radius 3 is 2.16 bits per heavy atom. The van der Waals surface area contributed by atoms with Crippen molar-refractivity contribution >= 4 is 0 Å². The highest BCUT2D eigenvalue weighted by molar-refractivity contribution is 5.26. The van der Waals surface area contributed by atoms with Gasteiger partial charge in [-0.1, -0.05) is 88.9 Å². The Morgan fingerprint density at radius 1 is 0.811 bits per heavy atom. The van der Waals surface area contributed by atoms with E-state index in [1.807, 2.05) is 54.6 Å². The van der Waals surface area contributed by atoms with Crippen LogP contribution in [0, 0.1) is 5.92 Å². The molecule has 206 valence electrons. The van der Waals surface area contributed by atoms with E-state index in [0.717, 1.165) is 36.1 Å². The molecule has 0 saturated carbocycles. The molecular formula is C31H46O6. The van der Waals surface area contributed by atoms with Gasteiger partial charge in [0.25, 0.3) is 0 Å². The number of methoxy groups -OCH3 is 1. The van der Waals surface area contributed by atoms with Crippen LogP contribution in [-0.4, -0.2) is 49.5 Å². The first kappa shape index (κ1) is 29.6. The standard InChI is InChI=1S/C31H46O6/c1-5-6-7-8-12-19-34-30-28(32)31(36-22-24-13-10-9-11-14-24)37-27(20-23(2)3)29(30)35-21-25-15-17-26(33-4)18-16-25/h9-11,13-18,23,27-32H,5-8,12,19-22H2,1-4H3/t27-,28-,29-,30-,31+/m1/s1. The summed E-state index contributed by atoms with van der Waals surface area (Å²) in [5, 5.41) is 11.4. The number of aliphatic hydroxyl groups is 1. The van der Waals surface area contributed by atoms with E-state index in [2.05, 4.69) is 20.8 Å². The summed E-state index contributed by atoms with van der Waals surface area (Å²) in [6.07, 6.45) is 3.55. The van der Waals surface area contributed by atoms with Gasteiger partial charge >= 0.3 is 0 Å². The molecule has 6 nitrogen and oxygen atoms in total. The van der Waals surface area contributed by atoms with Crippen molar-refractivity contribution in [2.24, 2.45) is 5.92 Å². The molecule has 0 aromatic heterocycles. The molecule has 0 aliphatic carbocycles. The van der Waals surface area contributed by atoms with Crippen LogP contribution in [0.3, 0.4) is 0 Å². The Bertz CT molecular complexity index is 856. The molecule has 2 aromatic carbocycles. The molecule has 0 amide bonds. The first-order valence-electron chi connectivity index (χ1n) is 13.9. The van der Waals surface area contributed by atoms with Crippen molar-refractivity contribution in [3.05, 3.63) is 65.7 Å². The molecule has 6 heteroatoms. The zero-order valence-corrected chi connectivity index (χ0v) is 23.0. The van der Waals surface area contributed by atoms with E-state index in [-0.39, 0.29) is 6.10 Å². The number of ether oxygens (including phenoxy) is 5. The highest BCUT2D eigenvalue weighted by Gasteiger charge is 2.47. The molecule has 1 aliphatic rings. The van der Waals surface area contributed by atoms with E-state index in [9.17, 15) is 5.11 Å². The predicted molar refractivity (Wildman–Crippen MR) is 145 cm³/mol. The van der Waals surface area contributed by atoms with Gasteiger partial charge in [0.2, 0.25) is 0 Å². The molecule has 37 heavy (non-hydrogen) atoms. The fourth-order valence-corrected chi connectivity index (χ4v) is 4.67. The molecule has 0 spiro atoms. The van der Waals surface area contributed by atoms with Gasteiger partial charge in [0.15, 0.2) is 6.29 Å². The van der Waals surface area contributed by atoms with E-state index in [4.69, 9.17) is 23.7 Å². The molecule has 0 bridgehead atoms. The molecule has 1 N–H and O–H groups in total. The van der Waals surface area contributed by atoms with Crippen molar-refractivity contribution in [2.75, 3.05) is 13.7 Å². The summed E-state index contributed by atoms with van der Waals surface area (Å²) in [4.78, 5) is 0. The van der Waals surface area contributed by atoms with Crippen LogP contribution in [0.25, 0.3) is 0 Å². The third-order valence-electron chi connectivity index (χ3n) is 6.74. The highest BCUT2D eigenvalue weighted by atomic mass is 16.7. The maximum absolute atomic E-state index is 11.4. The van der Waals surface area contributed by atoms with Crippen molar-refractivity contribution in [3.8, 4) is 5.75 Å². The second-order valence-electron chi connectivity index (χ2n) is 10.3. The summed E-state index contributed by atoms with van der Waals surface area (Å²) in [6, 6.07) is 17.8. The van der Waals surface area contributed by atoms with Gasteiger partial charge < -0.3 is 28.8 Å². The Labute approximate surface area is 223 Å². The second-order valence-corrected chi connectivity index (χ2v) is 10.3. The minimum absolute atomic E-state index is 0.257. The molecule has 1 heterocycles. The van der Waals surface area contributed by atoms with Crippen molar-refractivity contribution in [1.82, 2.24) is 0 Å². The van der Waals surface area contributed by atoms with Crippen LogP contribution in [0.4, 0.5) is 0 Å². The zero-order chi connectivity index (χ0) is 26.5. The number of aliphatic hydroxyl groups excluding tert-OH is 1. The second kappa shape index (κ2) is 16.1. The van der Waals surface area contributed by atoms with Crippen LogP contribution < -0.4 is 4.74 Å². The number of benzene rings is 2. The van der Waals surface area contributed by atoms with Gasteiger partial charge in [0, 0.05) is 6.61 Å². The number of hydrogen-bond donors (Lipinski definition) is 1.